The van der Waals surface area contributed by atoms with E-state index in [1.165, 1.54) is 6.42 Å². The molecule has 0 saturated carbocycles. The maximum Gasteiger partial charge on any atom is 0.336 e. The lowest BCUT2D eigenvalue weighted by atomic mass is 9.98. The number of rotatable bonds is 5. The lowest BCUT2D eigenvalue weighted by molar-refractivity contribution is 0.0689. The lowest BCUT2D eigenvalue weighted by Crippen LogP contribution is -2.36. The number of likely N-dealkylation sites (tertiary alicyclic amines) is 1. The maximum atomic E-state index is 11.2. The van der Waals surface area contributed by atoms with Gasteiger partial charge in [-0.05, 0) is 36.9 Å². The molecule has 1 unspecified atom stereocenters. The van der Waals surface area contributed by atoms with Gasteiger partial charge in [0.2, 0.25) is 0 Å². The van der Waals surface area contributed by atoms with Crippen LogP contribution in [0.2, 0.25) is 0 Å². The van der Waals surface area contributed by atoms with Crippen LogP contribution in [0.3, 0.4) is 0 Å². The highest BCUT2D eigenvalue weighted by Gasteiger charge is 2.21. The maximum absolute atomic E-state index is 11.2. The summed E-state index contributed by atoms with van der Waals surface area (Å²) in [6, 6.07) is 7.26. The predicted octanol–water partition coefficient (Wildman–Crippen LogP) is 2.24. The molecule has 1 aliphatic heterocycles. The summed E-state index contributed by atoms with van der Waals surface area (Å²) in [5, 5.41) is 9.19. The van der Waals surface area contributed by atoms with Gasteiger partial charge in [0.1, 0.15) is 0 Å². The summed E-state index contributed by atoms with van der Waals surface area (Å²) in [7, 11) is 1.73. The second kappa shape index (κ2) is 6.68. The Balaban J connectivity index is 2.02. The van der Waals surface area contributed by atoms with E-state index in [0.29, 0.717) is 18.0 Å². The molecule has 4 heteroatoms. The fraction of sp³-hybridized carbons (Fsp3) is 0.533. The van der Waals surface area contributed by atoms with E-state index in [2.05, 4.69) is 4.90 Å². The Morgan fingerprint density at radius 1 is 1.47 bits per heavy atom. The Labute approximate surface area is 114 Å². The van der Waals surface area contributed by atoms with Gasteiger partial charge in [-0.25, -0.2) is 4.79 Å². The zero-order valence-electron chi connectivity index (χ0n) is 11.3. The first-order valence-corrected chi connectivity index (χ1v) is 6.73. The number of aromatic carboxylic acids is 1. The van der Waals surface area contributed by atoms with Crippen LogP contribution < -0.4 is 0 Å². The van der Waals surface area contributed by atoms with Crippen LogP contribution in [-0.4, -0.2) is 42.8 Å². The highest BCUT2D eigenvalue weighted by Crippen LogP contribution is 2.20. The summed E-state index contributed by atoms with van der Waals surface area (Å²) >= 11 is 0. The SMILES string of the molecule is COCC1CCCN(Cc2ccccc2C(=O)O)C1. The predicted molar refractivity (Wildman–Crippen MR) is 73.3 cm³/mol. The number of benzene rings is 1. The second-order valence-corrected chi connectivity index (χ2v) is 5.16. The van der Waals surface area contributed by atoms with Gasteiger partial charge in [-0.15, -0.1) is 0 Å². The van der Waals surface area contributed by atoms with Gasteiger partial charge < -0.3 is 9.84 Å². The summed E-state index contributed by atoms with van der Waals surface area (Å²) in [5.41, 5.74) is 1.31. The van der Waals surface area contributed by atoms with Crippen LogP contribution in [0.5, 0.6) is 0 Å². The van der Waals surface area contributed by atoms with Crippen molar-refractivity contribution in [2.45, 2.75) is 19.4 Å². The van der Waals surface area contributed by atoms with Crippen molar-refractivity contribution in [3.05, 3.63) is 35.4 Å². The first-order chi connectivity index (χ1) is 9.20. The molecule has 1 fully saturated rings. The number of hydrogen-bond donors (Lipinski definition) is 1. The Morgan fingerprint density at radius 3 is 3.00 bits per heavy atom. The van der Waals surface area contributed by atoms with Crippen LogP contribution in [0.1, 0.15) is 28.8 Å². The van der Waals surface area contributed by atoms with E-state index in [-0.39, 0.29) is 0 Å². The van der Waals surface area contributed by atoms with E-state index in [1.54, 1.807) is 19.2 Å². The van der Waals surface area contributed by atoms with Crippen molar-refractivity contribution in [3.8, 4) is 0 Å². The first kappa shape index (κ1) is 14.0. The molecule has 0 bridgehead atoms. The van der Waals surface area contributed by atoms with E-state index in [1.807, 2.05) is 12.1 Å². The fourth-order valence-electron chi connectivity index (χ4n) is 2.77. The third-order valence-corrected chi connectivity index (χ3v) is 3.65. The van der Waals surface area contributed by atoms with Gasteiger partial charge in [0.05, 0.1) is 12.2 Å². The fourth-order valence-corrected chi connectivity index (χ4v) is 2.77. The van der Waals surface area contributed by atoms with Gasteiger partial charge in [-0.1, -0.05) is 18.2 Å². The number of carbonyl (C=O) groups is 1. The minimum Gasteiger partial charge on any atom is -0.478 e. The molecule has 1 atom stereocenters. The Morgan fingerprint density at radius 2 is 2.26 bits per heavy atom. The number of piperidine rings is 1. The highest BCUT2D eigenvalue weighted by molar-refractivity contribution is 5.89. The van der Waals surface area contributed by atoms with Gasteiger partial charge >= 0.3 is 5.97 Å². The van der Waals surface area contributed by atoms with Crippen molar-refractivity contribution in [2.75, 3.05) is 26.8 Å². The van der Waals surface area contributed by atoms with Crippen molar-refractivity contribution in [1.82, 2.24) is 4.90 Å². The molecule has 104 valence electrons. The summed E-state index contributed by atoms with van der Waals surface area (Å²) in [4.78, 5) is 13.5. The van der Waals surface area contributed by atoms with Crippen molar-refractivity contribution >= 4 is 5.97 Å². The minimum absolute atomic E-state index is 0.413. The monoisotopic (exact) mass is 263 g/mol. The molecule has 1 N–H and O–H groups in total. The van der Waals surface area contributed by atoms with Crippen LogP contribution in [0.4, 0.5) is 0 Å². The average Bonchev–Trinajstić information content (AvgIpc) is 2.40. The van der Waals surface area contributed by atoms with Crippen molar-refractivity contribution in [1.29, 1.82) is 0 Å². The topological polar surface area (TPSA) is 49.8 Å². The zero-order chi connectivity index (χ0) is 13.7. The Kier molecular flexibility index (Phi) is 4.93. The molecule has 1 saturated heterocycles. The third kappa shape index (κ3) is 3.78. The number of hydrogen-bond acceptors (Lipinski definition) is 3. The Bertz CT molecular complexity index is 431. The standard InChI is InChI=1S/C15H21NO3/c1-19-11-12-5-4-8-16(9-12)10-13-6-2-3-7-14(13)15(17)18/h2-3,6-7,12H,4-5,8-11H2,1H3,(H,17,18). The summed E-state index contributed by atoms with van der Waals surface area (Å²) in [6.45, 7) is 3.52. The molecular weight excluding hydrogens is 242 g/mol. The average molecular weight is 263 g/mol. The van der Waals surface area contributed by atoms with Crippen molar-refractivity contribution in [3.63, 3.8) is 0 Å². The number of carboxylic acid groups (broad SMARTS) is 1. The van der Waals surface area contributed by atoms with Gasteiger partial charge in [-0.3, -0.25) is 4.90 Å². The molecule has 2 rings (SSSR count). The highest BCUT2D eigenvalue weighted by atomic mass is 16.5. The zero-order valence-corrected chi connectivity index (χ0v) is 11.3. The normalized spacial score (nSPS) is 20.4. The molecule has 1 heterocycles. The molecule has 1 aliphatic rings. The van der Waals surface area contributed by atoms with E-state index in [4.69, 9.17) is 4.74 Å². The van der Waals surface area contributed by atoms with E-state index in [9.17, 15) is 9.90 Å². The van der Waals surface area contributed by atoms with E-state index < -0.39 is 5.97 Å². The van der Waals surface area contributed by atoms with Gasteiger partial charge in [-0.2, -0.15) is 0 Å². The number of methoxy groups -OCH3 is 1. The molecule has 4 nitrogen and oxygen atoms in total. The molecular formula is C15H21NO3. The molecule has 1 aromatic carbocycles. The Hall–Kier alpha value is -1.39. The van der Waals surface area contributed by atoms with Gasteiger partial charge in [0.25, 0.3) is 0 Å². The van der Waals surface area contributed by atoms with E-state index in [0.717, 1.165) is 31.7 Å². The molecule has 1 aromatic rings. The second-order valence-electron chi connectivity index (χ2n) is 5.16. The minimum atomic E-state index is -0.846. The number of ether oxygens (including phenoxy) is 1. The molecule has 0 aliphatic carbocycles. The summed E-state index contributed by atoms with van der Waals surface area (Å²) < 4.78 is 5.22. The quantitative estimate of drug-likeness (QED) is 0.885. The van der Waals surface area contributed by atoms with Crippen molar-refractivity contribution in [2.24, 2.45) is 5.92 Å². The van der Waals surface area contributed by atoms with Gasteiger partial charge in [0.15, 0.2) is 0 Å². The molecule has 0 radical (unpaired) electrons. The van der Waals surface area contributed by atoms with Crippen LogP contribution in [0, 0.1) is 5.92 Å². The third-order valence-electron chi connectivity index (χ3n) is 3.65. The van der Waals surface area contributed by atoms with Crippen LogP contribution in [-0.2, 0) is 11.3 Å². The van der Waals surface area contributed by atoms with Crippen LogP contribution in [0.25, 0.3) is 0 Å². The molecule has 0 aromatic heterocycles. The smallest absolute Gasteiger partial charge is 0.336 e. The molecule has 0 amide bonds. The largest absolute Gasteiger partial charge is 0.478 e. The molecule has 0 spiro atoms. The van der Waals surface area contributed by atoms with E-state index >= 15 is 0 Å². The van der Waals surface area contributed by atoms with Crippen LogP contribution >= 0.6 is 0 Å². The number of carboxylic acids is 1. The van der Waals surface area contributed by atoms with Crippen molar-refractivity contribution < 1.29 is 14.6 Å². The van der Waals surface area contributed by atoms with Crippen LogP contribution in [0.15, 0.2) is 24.3 Å². The summed E-state index contributed by atoms with van der Waals surface area (Å²) in [6.07, 6.45) is 2.36. The summed E-state index contributed by atoms with van der Waals surface area (Å²) in [5.74, 6) is -0.281. The molecule has 19 heavy (non-hydrogen) atoms. The lowest BCUT2D eigenvalue weighted by Gasteiger charge is -2.32. The number of nitrogens with zero attached hydrogens (tertiary/aromatic N) is 1. The van der Waals surface area contributed by atoms with Gasteiger partial charge in [0, 0.05) is 20.2 Å². The first-order valence-electron chi connectivity index (χ1n) is 6.73.